The van der Waals surface area contributed by atoms with Gasteiger partial charge in [0, 0.05) is 44.6 Å². The second kappa shape index (κ2) is 7.78. The Morgan fingerprint density at radius 3 is 2.57 bits per heavy atom. The minimum Gasteiger partial charge on any atom is -0.378 e. The average molecular weight is 394 g/mol. The number of ether oxygens (including phenoxy) is 1. The predicted octanol–water partition coefficient (Wildman–Crippen LogP) is 2.42. The minimum atomic E-state index is -4.37. The van der Waals surface area contributed by atoms with E-state index in [2.05, 4.69) is 25.2 Å². The fourth-order valence-electron chi connectivity index (χ4n) is 3.38. The van der Waals surface area contributed by atoms with Crippen molar-refractivity contribution in [3.05, 3.63) is 36.2 Å². The van der Waals surface area contributed by atoms with Gasteiger partial charge in [-0.2, -0.15) is 18.2 Å². The van der Waals surface area contributed by atoms with Gasteiger partial charge >= 0.3 is 6.18 Å². The van der Waals surface area contributed by atoms with Crippen LogP contribution in [0, 0.1) is 0 Å². The summed E-state index contributed by atoms with van der Waals surface area (Å²) in [5, 5.41) is 3.40. The van der Waals surface area contributed by atoms with Gasteiger partial charge in [-0.05, 0) is 24.6 Å². The summed E-state index contributed by atoms with van der Waals surface area (Å²) in [5.41, 5.74) is -0.734. The highest BCUT2D eigenvalue weighted by molar-refractivity contribution is 5.46. The third-order valence-electron chi connectivity index (χ3n) is 4.88. The van der Waals surface area contributed by atoms with E-state index in [0.717, 1.165) is 44.1 Å². The normalized spacial score (nSPS) is 20.5. The predicted molar refractivity (Wildman–Crippen MR) is 98.5 cm³/mol. The molecule has 2 aliphatic heterocycles. The number of alkyl halides is 3. The van der Waals surface area contributed by atoms with Crippen LogP contribution in [0.1, 0.15) is 12.0 Å². The molecular formula is C18H21F3N6O. The highest BCUT2D eigenvalue weighted by Gasteiger charge is 2.31. The molecule has 2 fully saturated rings. The third-order valence-corrected chi connectivity index (χ3v) is 4.88. The first-order valence-electron chi connectivity index (χ1n) is 9.19. The molecule has 0 aromatic carbocycles. The first-order valence-corrected chi connectivity index (χ1v) is 9.19. The van der Waals surface area contributed by atoms with Crippen molar-refractivity contribution in [1.82, 2.24) is 15.0 Å². The topological polar surface area (TPSA) is 66.4 Å². The summed E-state index contributed by atoms with van der Waals surface area (Å²) in [6, 6.07) is 4.45. The van der Waals surface area contributed by atoms with Gasteiger partial charge in [0.25, 0.3) is 0 Å². The van der Waals surface area contributed by atoms with Crippen LogP contribution < -0.4 is 15.1 Å². The van der Waals surface area contributed by atoms with E-state index in [-0.39, 0.29) is 6.04 Å². The minimum absolute atomic E-state index is 0.136. The van der Waals surface area contributed by atoms with E-state index >= 15 is 0 Å². The number of pyridine rings is 1. The van der Waals surface area contributed by atoms with Crippen LogP contribution in [0.3, 0.4) is 0 Å². The Labute approximate surface area is 160 Å². The van der Waals surface area contributed by atoms with Crippen LogP contribution in [0.5, 0.6) is 0 Å². The molecule has 2 aromatic heterocycles. The molecule has 0 saturated carbocycles. The maximum Gasteiger partial charge on any atom is 0.417 e. The number of nitrogens with zero attached hydrogens (tertiary/aromatic N) is 5. The van der Waals surface area contributed by atoms with E-state index in [1.165, 1.54) is 6.07 Å². The standard InChI is InChI=1S/C18H21F3N6O/c19-18(20,21)13-1-2-16(23-11-13)27-6-4-14(12-27)24-15-3-5-22-17(25-15)26-7-9-28-10-8-26/h1-3,5,11,14H,4,6-10,12H2,(H,22,24,25). The lowest BCUT2D eigenvalue weighted by Crippen LogP contribution is -2.37. The van der Waals surface area contributed by atoms with E-state index in [9.17, 15) is 13.2 Å². The van der Waals surface area contributed by atoms with Crippen LogP contribution in [0.2, 0.25) is 0 Å². The van der Waals surface area contributed by atoms with E-state index in [1.54, 1.807) is 6.20 Å². The number of anilines is 3. The Hall–Kier alpha value is -2.62. The van der Waals surface area contributed by atoms with Crippen molar-refractivity contribution in [1.29, 1.82) is 0 Å². The highest BCUT2D eigenvalue weighted by atomic mass is 19.4. The lowest BCUT2D eigenvalue weighted by molar-refractivity contribution is -0.137. The molecular weight excluding hydrogens is 373 g/mol. The zero-order valence-corrected chi connectivity index (χ0v) is 15.2. The van der Waals surface area contributed by atoms with Crippen molar-refractivity contribution >= 4 is 17.6 Å². The Bertz CT molecular complexity index is 795. The van der Waals surface area contributed by atoms with Crippen molar-refractivity contribution < 1.29 is 17.9 Å². The van der Waals surface area contributed by atoms with E-state index in [1.807, 2.05) is 11.0 Å². The maximum absolute atomic E-state index is 12.7. The molecule has 1 atom stereocenters. The first kappa shape index (κ1) is 18.7. The molecule has 28 heavy (non-hydrogen) atoms. The zero-order chi connectivity index (χ0) is 19.6. The van der Waals surface area contributed by atoms with Gasteiger partial charge in [-0.1, -0.05) is 0 Å². The summed E-state index contributed by atoms with van der Waals surface area (Å²) < 4.78 is 43.4. The van der Waals surface area contributed by atoms with Crippen LogP contribution in [0.15, 0.2) is 30.6 Å². The number of halogens is 3. The number of morpholine rings is 1. The third kappa shape index (κ3) is 4.27. The summed E-state index contributed by atoms with van der Waals surface area (Å²) in [6.07, 6.45) is -0.912. The van der Waals surface area contributed by atoms with Gasteiger partial charge < -0.3 is 19.9 Å². The number of hydrogen-bond acceptors (Lipinski definition) is 7. The number of rotatable bonds is 4. The monoisotopic (exact) mass is 394 g/mol. The number of hydrogen-bond donors (Lipinski definition) is 1. The van der Waals surface area contributed by atoms with Gasteiger partial charge in [-0.25, -0.2) is 9.97 Å². The van der Waals surface area contributed by atoms with Crippen LogP contribution in [-0.4, -0.2) is 60.4 Å². The fourth-order valence-corrected chi connectivity index (χ4v) is 3.38. The van der Waals surface area contributed by atoms with Crippen LogP contribution in [0.25, 0.3) is 0 Å². The van der Waals surface area contributed by atoms with Crippen LogP contribution in [0.4, 0.5) is 30.8 Å². The molecule has 0 radical (unpaired) electrons. The molecule has 2 aromatic rings. The van der Waals surface area contributed by atoms with Gasteiger partial charge in [0.1, 0.15) is 11.6 Å². The van der Waals surface area contributed by atoms with E-state index in [4.69, 9.17) is 4.74 Å². The summed E-state index contributed by atoms with van der Waals surface area (Å²) >= 11 is 0. The molecule has 0 spiro atoms. The Morgan fingerprint density at radius 2 is 1.86 bits per heavy atom. The molecule has 4 heterocycles. The fraction of sp³-hybridized carbons (Fsp3) is 0.500. The van der Waals surface area contributed by atoms with Gasteiger partial charge in [0.2, 0.25) is 5.95 Å². The molecule has 150 valence electrons. The Balaban J connectivity index is 1.37. The van der Waals surface area contributed by atoms with E-state index < -0.39 is 11.7 Å². The second-order valence-corrected chi connectivity index (χ2v) is 6.82. The van der Waals surface area contributed by atoms with Gasteiger partial charge in [-0.15, -0.1) is 0 Å². The Morgan fingerprint density at radius 1 is 1.04 bits per heavy atom. The SMILES string of the molecule is FC(F)(F)c1ccc(N2CCC(Nc3ccnc(N4CCOCC4)n3)C2)nc1. The molecule has 2 saturated heterocycles. The molecule has 0 amide bonds. The number of aromatic nitrogens is 3. The van der Waals surface area contributed by atoms with Crippen molar-refractivity contribution in [2.75, 3.05) is 54.5 Å². The smallest absolute Gasteiger partial charge is 0.378 e. The summed E-state index contributed by atoms with van der Waals surface area (Å²) in [5.74, 6) is 1.96. The molecule has 0 aliphatic carbocycles. The van der Waals surface area contributed by atoms with Crippen LogP contribution in [-0.2, 0) is 10.9 Å². The lowest BCUT2D eigenvalue weighted by atomic mass is 10.2. The maximum atomic E-state index is 12.7. The lowest BCUT2D eigenvalue weighted by Gasteiger charge is -2.27. The van der Waals surface area contributed by atoms with Gasteiger partial charge in [-0.3, -0.25) is 0 Å². The zero-order valence-electron chi connectivity index (χ0n) is 15.2. The van der Waals surface area contributed by atoms with Crippen molar-refractivity contribution in [2.24, 2.45) is 0 Å². The second-order valence-electron chi connectivity index (χ2n) is 6.82. The van der Waals surface area contributed by atoms with Gasteiger partial charge in [0.05, 0.1) is 18.8 Å². The van der Waals surface area contributed by atoms with Crippen molar-refractivity contribution in [2.45, 2.75) is 18.6 Å². The summed E-state index contributed by atoms with van der Waals surface area (Å²) in [7, 11) is 0. The molecule has 2 aliphatic rings. The first-order chi connectivity index (χ1) is 13.5. The highest BCUT2D eigenvalue weighted by Crippen LogP contribution is 2.30. The molecule has 4 rings (SSSR count). The molecule has 0 bridgehead atoms. The van der Waals surface area contributed by atoms with Crippen molar-refractivity contribution in [3.63, 3.8) is 0 Å². The quantitative estimate of drug-likeness (QED) is 0.854. The molecule has 1 unspecified atom stereocenters. The Kier molecular flexibility index (Phi) is 5.21. The average Bonchev–Trinajstić information content (AvgIpc) is 3.17. The number of nitrogens with one attached hydrogen (secondary N) is 1. The molecule has 10 heteroatoms. The summed E-state index contributed by atoms with van der Waals surface area (Å²) in [6.45, 7) is 4.23. The van der Waals surface area contributed by atoms with Crippen molar-refractivity contribution in [3.8, 4) is 0 Å². The van der Waals surface area contributed by atoms with Gasteiger partial charge in [0.15, 0.2) is 0 Å². The van der Waals surface area contributed by atoms with E-state index in [0.29, 0.717) is 31.5 Å². The largest absolute Gasteiger partial charge is 0.417 e. The molecule has 7 nitrogen and oxygen atoms in total. The van der Waals surface area contributed by atoms with Crippen LogP contribution >= 0.6 is 0 Å². The summed E-state index contributed by atoms with van der Waals surface area (Å²) in [4.78, 5) is 17.0. The molecule has 1 N–H and O–H groups in total.